The van der Waals surface area contributed by atoms with E-state index in [1.54, 1.807) is 6.20 Å². The Morgan fingerprint density at radius 2 is 2.30 bits per heavy atom. The molecule has 0 unspecified atom stereocenters. The maximum Gasteiger partial charge on any atom is 0.116 e. The molecule has 10 heavy (non-hydrogen) atoms. The van der Waals surface area contributed by atoms with Crippen molar-refractivity contribution in [3.8, 4) is 0 Å². The predicted octanol–water partition coefficient (Wildman–Crippen LogP) is -0.626. The number of nitrogens with two attached hydrogens (primary N) is 2. The summed E-state index contributed by atoms with van der Waals surface area (Å²) < 4.78 is 0. The van der Waals surface area contributed by atoms with Gasteiger partial charge in [-0.1, -0.05) is 0 Å². The second-order valence-corrected chi connectivity index (χ2v) is 1.89. The Morgan fingerprint density at radius 1 is 1.60 bits per heavy atom. The second kappa shape index (κ2) is 6.10. The van der Waals surface area contributed by atoms with E-state index in [4.69, 9.17) is 16.9 Å². The molecule has 0 bridgehead atoms. The van der Waals surface area contributed by atoms with Gasteiger partial charge in [0, 0.05) is 12.7 Å². The van der Waals surface area contributed by atoms with E-state index in [9.17, 15) is 0 Å². The van der Waals surface area contributed by atoms with Gasteiger partial charge in [-0.05, 0) is 19.0 Å². The van der Waals surface area contributed by atoms with Crippen LogP contribution in [0.15, 0.2) is 12.3 Å². The third-order valence-corrected chi connectivity index (χ3v) is 0.906. The summed E-state index contributed by atoms with van der Waals surface area (Å²) in [4.78, 5) is 0. The molecule has 0 aromatic heterocycles. The molecule has 0 radical (unpaired) electrons. The lowest BCUT2D eigenvalue weighted by atomic mass is 10.4. The maximum atomic E-state index is 6.80. The molecular formula is C6H14N4. The van der Waals surface area contributed by atoms with Gasteiger partial charge in [-0.2, -0.15) is 0 Å². The van der Waals surface area contributed by atoms with Crippen LogP contribution in [0.5, 0.6) is 0 Å². The van der Waals surface area contributed by atoms with Gasteiger partial charge >= 0.3 is 0 Å². The zero-order valence-corrected chi connectivity index (χ0v) is 5.93. The lowest BCUT2D eigenvalue weighted by Gasteiger charge is -1.95. The molecule has 0 aromatic carbocycles. The van der Waals surface area contributed by atoms with Crippen LogP contribution in [0.4, 0.5) is 0 Å². The Morgan fingerprint density at radius 3 is 2.80 bits per heavy atom. The summed E-state index contributed by atoms with van der Waals surface area (Å²) in [7, 11) is 0. The molecule has 4 nitrogen and oxygen atoms in total. The van der Waals surface area contributed by atoms with E-state index in [-0.39, 0.29) is 5.84 Å². The van der Waals surface area contributed by atoms with Gasteiger partial charge in [0.2, 0.25) is 0 Å². The first-order valence-electron chi connectivity index (χ1n) is 3.21. The third-order valence-electron chi connectivity index (χ3n) is 0.906. The molecule has 0 aliphatic carbocycles. The summed E-state index contributed by atoms with van der Waals surface area (Å²) in [5.41, 5.74) is 10.3. The molecule has 6 N–H and O–H groups in total. The molecule has 0 rings (SSSR count). The summed E-state index contributed by atoms with van der Waals surface area (Å²) >= 11 is 0. The van der Waals surface area contributed by atoms with Gasteiger partial charge in [-0.25, -0.2) is 0 Å². The van der Waals surface area contributed by atoms with Crippen LogP contribution in [0, 0.1) is 5.41 Å². The molecule has 0 saturated heterocycles. The minimum absolute atomic E-state index is 0.0558. The van der Waals surface area contributed by atoms with E-state index < -0.39 is 0 Å². The molecular weight excluding hydrogens is 128 g/mol. The van der Waals surface area contributed by atoms with E-state index >= 15 is 0 Å². The van der Waals surface area contributed by atoms with Gasteiger partial charge in [-0.3, -0.25) is 5.41 Å². The minimum Gasteiger partial charge on any atom is -0.391 e. The average molecular weight is 142 g/mol. The van der Waals surface area contributed by atoms with Crippen molar-refractivity contribution in [3.63, 3.8) is 0 Å². The number of amidine groups is 1. The molecule has 58 valence electrons. The highest BCUT2D eigenvalue weighted by molar-refractivity contribution is 5.88. The van der Waals surface area contributed by atoms with Gasteiger partial charge in [-0.15, -0.1) is 0 Å². The van der Waals surface area contributed by atoms with Crippen LogP contribution in [-0.2, 0) is 0 Å². The van der Waals surface area contributed by atoms with Crippen molar-refractivity contribution in [2.45, 2.75) is 6.42 Å². The minimum atomic E-state index is 0.0558. The number of rotatable bonds is 5. The SMILES string of the molecule is N=C(N)/C=C\NCCCN. The van der Waals surface area contributed by atoms with Gasteiger partial charge in [0.1, 0.15) is 5.84 Å². The second-order valence-electron chi connectivity index (χ2n) is 1.89. The first-order valence-corrected chi connectivity index (χ1v) is 3.21. The van der Waals surface area contributed by atoms with Crippen molar-refractivity contribution in [1.82, 2.24) is 5.32 Å². The van der Waals surface area contributed by atoms with Crippen LogP contribution in [0.1, 0.15) is 6.42 Å². The average Bonchev–Trinajstić information content (AvgIpc) is 1.87. The Bertz CT molecular complexity index is 119. The van der Waals surface area contributed by atoms with Crippen LogP contribution in [0.3, 0.4) is 0 Å². The van der Waals surface area contributed by atoms with Crippen molar-refractivity contribution >= 4 is 5.84 Å². The largest absolute Gasteiger partial charge is 0.391 e. The summed E-state index contributed by atoms with van der Waals surface area (Å²) in [5, 5.41) is 9.74. The molecule has 0 atom stereocenters. The Kier molecular flexibility index (Phi) is 5.47. The van der Waals surface area contributed by atoms with Crippen molar-refractivity contribution in [3.05, 3.63) is 12.3 Å². The number of hydrogen-bond donors (Lipinski definition) is 4. The monoisotopic (exact) mass is 142 g/mol. The molecule has 0 aromatic rings. The molecule has 0 amide bonds. The molecule has 4 heteroatoms. The zero-order chi connectivity index (χ0) is 7.82. The standard InChI is InChI=1S/C6H14N4/c7-3-1-4-10-5-2-6(8)9/h2,5,10H,1,3-4,7H2,(H3,8,9)/b5-2-. The van der Waals surface area contributed by atoms with Gasteiger partial charge in [0.05, 0.1) is 0 Å². The lowest BCUT2D eigenvalue weighted by molar-refractivity contribution is 0.761. The highest BCUT2D eigenvalue weighted by Gasteiger charge is 1.78. The smallest absolute Gasteiger partial charge is 0.116 e. The first kappa shape index (κ1) is 8.97. The van der Waals surface area contributed by atoms with E-state index in [1.165, 1.54) is 6.08 Å². The molecule has 0 heterocycles. The quantitative estimate of drug-likeness (QED) is 0.234. The van der Waals surface area contributed by atoms with Crippen molar-refractivity contribution < 1.29 is 0 Å². The van der Waals surface area contributed by atoms with Crippen LogP contribution >= 0.6 is 0 Å². The fourth-order valence-corrected chi connectivity index (χ4v) is 0.436. The van der Waals surface area contributed by atoms with Crippen LogP contribution < -0.4 is 16.8 Å². The number of nitrogens with one attached hydrogen (secondary N) is 2. The van der Waals surface area contributed by atoms with E-state index in [2.05, 4.69) is 5.32 Å². The summed E-state index contributed by atoms with van der Waals surface area (Å²) in [5.74, 6) is 0.0558. The van der Waals surface area contributed by atoms with E-state index in [0.29, 0.717) is 6.54 Å². The topological polar surface area (TPSA) is 87.9 Å². The highest BCUT2D eigenvalue weighted by Crippen LogP contribution is 1.70. The van der Waals surface area contributed by atoms with E-state index in [0.717, 1.165) is 13.0 Å². The van der Waals surface area contributed by atoms with Crippen molar-refractivity contribution in [2.75, 3.05) is 13.1 Å². The maximum absolute atomic E-state index is 6.80. The van der Waals surface area contributed by atoms with Crippen LogP contribution in [0.2, 0.25) is 0 Å². The molecule has 0 fully saturated rings. The van der Waals surface area contributed by atoms with Crippen LogP contribution in [-0.4, -0.2) is 18.9 Å². The Labute approximate surface area is 60.8 Å². The number of hydrogen-bond acceptors (Lipinski definition) is 3. The third kappa shape index (κ3) is 6.97. The summed E-state index contributed by atoms with van der Waals surface area (Å²) in [6.07, 6.45) is 4.08. The molecule has 0 aliphatic heterocycles. The fourth-order valence-electron chi connectivity index (χ4n) is 0.436. The van der Waals surface area contributed by atoms with Gasteiger partial charge < -0.3 is 16.8 Å². The first-order chi connectivity index (χ1) is 4.77. The Hall–Kier alpha value is -1.03. The van der Waals surface area contributed by atoms with Crippen molar-refractivity contribution in [2.24, 2.45) is 11.5 Å². The summed E-state index contributed by atoms with van der Waals surface area (Å²) in [6, 6.07) is 0. The highest BCUT2D eigenvalue weighted by atomic mass is 14.8. The lowest BCUT2D eigenvalue weighted by Crippen LogP contribution is -2.13. The fraction of sp³-hybridized carbons (Fsp3) is 0.500. The molecule has 0 saturated carbocycles. The summed E-state index contributed by atoms with van der Waals surface area (Å²) in [6.45, 7) is 1.52. The van der Waals surface area contributed by atoms with E-state index in [1.807, 2.05) is 0 Å². The molecule has 0 aliphatic rings. The predicted molar refractivity (Wildman–Crippen MR) is 42.7 cm³/mol. The van der Waals surface area contributed by atoms with Gasteiger partial charge in [0.15, 0.2) is 0 Å². The van der Waals surface area contributed by atoms with Crippen molar-refractivity contribution in [1.29, 1.82) is 5.41 Å². The van der Waals surface area contributed by atoms with Crippen LogP contribution in [0.25, 0.3) is 0 Å². The Balaban J connectivity index is 3.10. The molecule has 0 spiro atoms. The normalized spacial score (nSPS) is 10.1. The zero-order valence-electron chi connectivity index (χ0n) is 5.93. The van der Waals surface area contributed by atoms with Gasteiger partial charge in [0.25, 0.3) is 0 Å².